The van der Waals surface area contributed by atoms with Gasteiger partial charge in [-0.05, 0) is 0 Å². The highest BCUT2D eigenvalue weighted by atomic mass is 16.6. The summed E-state index contributed by atoms with van der Waals surface area (Å²) in [4.78, 5) is 22.3. The normalized spacial score (nSPS) is 28.5. The Hall–Kier alpha value is -2.01. The summed E-state index contributed by atoms with van der Waals surface area (Å²) in [5.41, 5.74) is 5.57. The smallest absolute Gasteiger partial charge is 0.280 e. The van der Waals surface area contributed by atoms with Crippen molar-refractivity contribution in [3.8, 4) is 0 Å². The van der Waals surface area contributed by atoms with Crippen molar-refractivity contribution in [2.45, 2.75) is 24.5 Å². The number of nitrogens with one attached hydrogen (secondary N) is 1. The SMILES string of the molecule is COC1C(CO)OC(n2cnc3c(=O)[nH]c(N)nc32)C1OC. The first-order valence-corrected chi connectivity index (χ1v) is 6.65. The van der Waals surface area contributed by atoms with Crippen LogP contribution in [0.4, 0.5) is 5.95 Å². The second-order valence-corrected chi connectivity index (χ2v) is 4.92. The van der Waals surface area contributed by atoms with Crippen molar-refractivity contribution in [1.29, 1.82) is 0 Å². The molecule has 2 aromatic heterocycles. The lowest BCUT2D eigenvalue weighted by atomic mass is 10.1. The van der Waals surface area contributed by atoms with Gasteiger partial charge in [0, 0.05) is 14.2 Å². The first-order chi connectivity index (χ1) is 10.6. The number of H-pyrrole nitrogens is 1. The molecular formula is C12H17N5O5. The highest BCUT2D eigenvalue weighted by Crippen LogP contribution is 2.34. The number of imidazole rings is 1. The van der Waals surface area contributed by atoms with E-state index in [1.165, 1.54) is 20.5 Å². The van der Waals surface area contributed by atoms with Gasteiger partial charge in [-0.3, -0.25) is 14.3 Å². The molecule has 0 amide bonds. The van der Waals surface area contributed by atoms with E-state index in [-0.39, 0.29) is 23.7 Å². The van der Waals surface area contributed by atoms with Crippen molar-refractivity contribution >= 4 is 17.1 Å². The molecule has 10 nitrogen and oxygen atoms in total. The van der Waals surface area contributed by atoms with E-state index in [0.717, 1.165) is 0 Å². The van der Waals surface area contributed by atoms with Gasteiger partial charge in [-0.15, -0.1) is 0 Å². The zero-order chi connectivity index (χ0) is 15.9. The van der Waals surface area contributed by atoms with Gasteiger partial charge in [-0.25, -0.2) is 4.98 Å². The summed E-state index contributed by atoms with van der Waals surface area (Å²) in [5, 5.41) is 9.42. The minimum Gasteiger partial charge on any atom is -0.394 e. The molecule has 22 heavy (non-hydrogen) atoms. The molecule has 1 aliphatic rings. The summed E-state index contributed by atoms with van der Waals surface area (Å²) >= 11 is 0. The first kappa shape index (κ1) is 14.9. The zero-order valence-corrected chi connectivity index (χ0v) is 12.1. The third kappa shape index (κ3) is 2.16. The Morgan fingerprint density at radius 2 is 2.18 bits per heavy atom. The van der Waals surface area contributed by atoms with Crippen molar-refractivity contribution in [1.82, 2.24) is 19.5 Å². The van der Waals surface area contributed by atoms with E-state index < -0.39 is 30.1 Å². The third-order valence-electron chi connectivity index (χ3n) is 3.73. The van der Waals surface area contributed by atoms with Gasteiger partial charge in [-0.2, -0.15) is 4.98 Å². The molecule has 3 rings (SSSR count). The Morgan fingerprint density at radius 3 is 2.82 bits per heavy atom. The number of hydrogen-bond acceptors (Lipinski definition) is 8. The average Bonchev–Trinajstić information content (AvgIpc) is 3.06. The average molecular weight is 311 g/mol. The second-order valence-electron chi connectivity index (χ2n) is 4.92. The van der Waals surface area contributed by atoms with Crippen LogP contribution in [0.1, 0.15) is 6.23 Å². The molecule has 1 aliphatic heterocycles. The van der Waals surface area contributed by atoms with Crippen molar-refractivity contribution in [2.75, 3.05) is 26.6 Å². The molecule has 1 saturated heterocycles. The monoisotopic (exact) mass is 311 g/mol. The number of nitrogens with zero attached hydrogens (tertiary/aromatic N) is 3. The van der Waals surface area contributed by atoms with Gasteiger partial charge in [0.05, 0.1) is 12.9 Å². The van der Waals surface area contributed by atoms with Crippen LogP contribution in [0.25, 0.3) is 11.2 Å². The number of nitrogens with two attached hydrogens (primary N) is 1. The largest absolute Gasteiger partial charge is 0.394 e. The maximum absolute atomic E-state index is 11.8. The van der Waals surface area contributed by atoms with Crippen molar-refractivity contribution in [3.05, 3.63) is 16.7 Å². The molecule has 0 radical (unpaired) electrons. The fraction of sp³-hybridized carbons (Fsp3) is 0.583. The Kier molecular flexibility index (Phi) is 3.83. The standard InChI is InChI=1S/C12H17N5O5/c1-20-7-5(3-18)22-11(8(7)21-2)17-4-14-6-9(17)15-12(13)16-10(6)19/h4-5,7-8,11,18H,3H2,1-2H3,(H3,13,15,16,19). The lowest BCUT2D eigenvalue weighted by Crippen LogP contribution is -2.36. The number of anilines is 1. The highest BCUT2D eigenvalue weighted by molar-refractivity contribution is 5.70. The first-order valence-electron chi connectivity index (χ1n) is 6.65. The minimum absolute atomic E-state index is 0.0202. The molecule has 3 heterocycles. The Morgan fingerprint density at radius 1 is 1.45 bits per heavy atom. The maximum Gasteiger partial charge on any atom is 0.280 e. The van der Waals surface area contributed by atoms with Crippen LogP contribution in [0, 0.1) is 0 Å². The predicted molar refractivity (Wildman–Crippen MR) is 75.2 cm³/mol. The van der Waals surface area contributed by atoms with Crippen molar-refractivity contribution < 1.29 is 19.3 Å². The topological polar surface area (TPSA) is 138 Å². The van der Waals surface area contributed by atoms with Gasteiger partial charge in [0.25, 0.3) is 5.56 Å². The summed E-state index contributed by atoms with van der Waals surface area (Å²) < 4.78 is 18.1. The summed E-state index contributed by atoms with van der Waals surface area (Å²) in [6.07, 6.45) is -0.739. The number of hydrogen-bond donors (Lipinski definition) is 3. The number of fused-ring (bicyclic) bond motifs is 1. The molecule has 10 heteroatoms. The van der Waals surface area contributed by atoms with Gasteiger partial charge in [-0.1, -0.05) is 0 Å². The van der Waals surface area contributed by atoms with Crippen molar-refractivity contribution in [2.24, 2.45) is 0 Å². The number of nitrogen functional groups attached to an aromatic ring is 1. The molecule has 0 bridgehead atoms. The van der Waals surface area contributed by atoms with E-state index in [2.05, 4.69) is 15.0 Å². The predicted octanol–water partition coefficient (Wildman–Crippen LogP) is -1.38. The van der Waals surface area contributed by atoms with Crippen molar-refractivity contribution in [3.63, 3.8) is 0 Å². The quantitative estimate of drug-likeness (QED) is 0.628. The summed E-state index contributed by atoms with van der Waals surface area (Å²) in [6, 6.07) is 0. The van der Waals surface area contributed by atoms with E-state index in [1.54, 1.807) is 4.57 Å². The van der Waals surface area contributed by atoms with Crippen LogP contribution < -0.4 is 11.3 Å². The van der Waals surface area contributed by atoms with Gasteiger partial charge in [0.2, 0.25) is 5.95 Å². The number of ether oxygens (including phenoxy) is 3. The molecular weight excluding hydrogens is 294 g/mol. The fourth-order valence-electron chi connectivity index (χ4n) is 2.74. The lowest BCUT2D eigenvalue weighted by molar-refractivity contribution is -0.0583. The zero-order valence-electron chi connectivity index (χ0n) is 12.1. The van der Waals surface area contributed by atoms with E-state index in [0.29, 0.717) is 0 Å². The lowest BCUT2D eigenvalue weighted by Gasteiger charge is -2.21. The number of aliphatic hydroxyl groups is 1. The fourth-order valence-corrected chi connectivity index (χ4v) is 2.74. The number of aromatic amines is 1. The van der Waals surface area contributed by atoms with E-state index in [1.807, 2.05) is 0 Å². The molecule has 120 valence electrons. The molecule has 2 aromatic rings. The molecule has 0 aromatic carbocycles. The minimum atomic E-state index is -0.647. The van der Waals surface area contributed by atoms with Crippen LogP contribution in [-0.2, 0) is 14.2 Å². The maximum atomic E-state index is 11.8. The second kappa shape index (κ2) is 5.65. The summed E-state index contributed by atoms with van der Waals surface area (Å²) in [7, 11) is 3.03. The number of rotatable bonds is 4. The van der Waals surface area contributed by atoms with E-state index >= 15 is 0 Å². The van der Waals surface area contributed by atoms with Crippen LogP contribution in [0.5, 0.6) is 0 Å². The van der Waals surface area contributed by atoms with E-state index in [4.69, 9.17) is 19.9 Å². The number of aliphatic hydroxyl groups excluding tert-OH is 1. The van der Waals surface area contributed by atoms with Gasteiger partial charge >= 0.3 is 0 Å². The van der Waals surface area contributed by atoms with Crippen LogP contribution in [0.2, 0.25) is 0 Å². The molecule has 4 atom stereocenters. The molecule has 1 fully saturated rings. The van der Waals surface area contributed by atoms with Crippen LogP contribution >= 0.6 is 0 Å². The molecule has 4 unspecified atom stereocenters. The molecule has 4 N–H and O–H groups in total. The molecule has 0 spiro atoms. The Bertz CT molecular complexity index is 728. The number of aromatic nitrogens is 4. The van der Waals surface area contributed by atoms with Crippen LogP contribution in [0.15, 0.2) is 11.1 Å². The van der Waals surface area contributed by atoms with Crippen LogP contribution in [0.3, 0.4) is 0 Å². The van der Waals surface area contributed by atoms with Gasteiger partial charge in [0.15, 0.2) is 17.4 Å². The van der Waals surface area contributed by atoms with Gasteiger partial charge < -0.3 is 25.1 Å². The third-order valence-corrected chi connectivity index (χ3v) is 3.73. The molecule has 0 aliphatic carbocycles. The molecule has 0 saturated carbocycles. The Balaban J connectivity index is 2.09. The summed E-state index contributed by atoms with van der Waals surface area (Å²) in [5.74, 6) is -0.0202. The van der Waals surface area contributed by atoms with E-state index in [9.17, 15) is 9.90 Å². The Labute approximate surface area is 124 Å². The summed E-state index contributed by atoms with van der Waals surface area (Å²) in [6.45, 7) is -0.225. The number of methoxy groups -OCH3 is 2. The highest BCUT2D eigenvalue weighted by Gasteiger charge is 2.46. The van der Waals surface area contributed by atoms with Gasteiger partial charge in [0.1, 0.15) is 18.3 Å². The van der Waals surface area contributed by atoms with Crippen LogP contribution in [-0.4, -0.2) is 63.8 Å².